The van der Waals surface area contributed by atoms with Gasteiger partial charge in [0.15, 0.2) is 0 Å². The van der Waals surface area contributed by atoms with Crippen LogP contribution in [0.25, 0.3) is 0 Å². The van der Waals surface area contributed by atoms with E-state index in [-0.39, 0.29) is 6.10 Å². The summed E-state index contributed by atoms with van der Waals surface area (Å²) in [5.41, 5.74) is 4.61. The summed E-state index contributed by atoms with van der Waals surface area (Å²) in [6, 6.07) is 0. The highest BCUT2D eigenvalue weighted by Gasteiger charge is 2.50. The monoisotopic (exact) mass is 460 g/mol. The second-order valence-corrected chi connectivity index (χ2v) is 11.1. The van der Waals surface area contributed by atoms with Gasteiger partial charge in [-0.2, -0.15) is 8.42 Å². The third kappa shape index (κ3) is 6.63. The second-order valence-electron chi connectivity index (χ2n) is 10.9. The molecule has 0 aromatic heterocycles. The summed E-state index contributed by atoms with van der Waals surface area (Å²) in [5.74, 6) is 3.58. The molecule has 3 aliphatic rings. The van der Waals surface area contributed by atoms with Crippen LogP contribution in [0.2, 0.25) is 0 Å². The van der Waals surface area contributed by atoms with E-state index < -0.39 is 11.6 Å². The van der Waals surface area contributed by atoms with E-state index in [0.29, 0.717) is 17.3 Å². The van der Waals surface area contributed by atoms with Gasteiger partial charge in [-0.1, -0.05) is 76.6 Å². The molecule has 32 heavy (non-hydrogen) atoms. The number of allylic oxidation sites excluding steroid dienone is 6. The van der Waals surface area contributed by atoms with Crippen molar-refractivity contribution in [2.45, 2.75) is 92.1 Å². The van der Waals surface area contributed by atoms with Crippen molar-refractivity contribution in [2.24, 2.45) is 35.0 Å². The standard InChI is InChI=1S/C28H44O.O2S/c1-19(2)20(3)9-10-22(5)26-15-16-27-23(8-7-17-28(26,27)6)12-13-24-18-25(29)14-11-21(24)4;1-3-2/h9-10,12-13,19-20,22,25-27,29H,4,7-8,11,14-18H2,1-3,5-6H3;/b10-9+,23-12+,24-13-;/t20-,22+,25-,26+,27-,28+;/m0./s1. The predicted octanol–water partition coefficient (Wildman–Crippen LogP) is 6.97. The lowest BCUT2D eigenvalue weighted by Gasteiger charge is -2.44. The zero-order valence-corrected chi connectivity index (χ0v) is 21.6. The first kappa shape index (κ1) is 27.0. The molecule has 4 heteroatoms. The normalized spacial score (nSPS) is 35.0. The first-order chi connectivity index (χ1) is 15.1. The summed E-state index contributed by atoms with van der Waals surface area (Å²) in [6.45, 7) is 16.3. The quantitative estimate of drug-likeness (QED) is 0.451. The topological polar surface area (TPSA) is 54.4 Å². The maximum atomic E-state index is 10.0. The second kappa shape index (κ2) is 12.3. The van der Waals surface area contributed by atoms with Crippen molar-refractivity contribution in [3.05, 3.63) is 47.6 Å². The third-order valence-corrected chi connectivity index (χ3v) is 8.63. The van der Waals surface area contributed by atoms with Crippen LogP contribution in [0.4, 0.5) is 0 Å². The van der Waals surface area contributed by atoms with E-state index in [2.05, 4.69) is 65.5 Å². The summed E-state index contributed by atoms with van der Waals surface area (Å²) in [4.78, 5) is 0. The van der Waals surface area contributed by atoms with E-state index in [1.807, 2.05) is 0 Å². The molecule has 0 saturated heterocycles. The molecule has 3 nitrogen and oxygen atoms in total. The van der Waals surface area contributed by atoms with Crippen LogP contribution in [0.15, 0.2) is 47.6 Å². The average molecular weight is 461 g/mol. The van der Waals surface area contributed by atoms with Crippen molar-refractivity contribution < 1.29 is 13.5 Å². The third-order valence-electron chi connectivity index (χ3n) is 8.63. The fourth-order valence-electron chi connectivity index (χ4n) is 6.25. The molecule has 0 heterocycles. The van der Waals surface area contributed by atoms with E-state index in [9.17, 15) is 5.11 Å². The average Bonchev–Trinajstić information content (AvgIpc) is 3.10. The molecular formula is C28H44O3S. The number of hydrogen-bond donors (Lipinski definition) is 1. The Hall–Kier alpha value is -1.26. The SMILES string of the molecule is C=C1CC[C@H](O)C/C1=C/C=C1\CCC[C@]2(C)[C@@H]([C@H](C)/C=C/[C@H](C)C(C)C)CC[C@@H]12.O=S=O. The summed E-state index contributed by atoms with van der Waals surface area (Å²) in [5, 5.41) is 10.0. The Bertz CT molecular complexity index is 772. The van der Waals surface area contributed by atoms with Crippen LogP contribution in [0, 0.1) is 35.0 Å². The van der Waals surface area contributed by atoms with Gasteiger partial charge in [0, 0.05) is 0 Å². The molecule has 0 spiro atoms. The van der Waals surface area contributed by atoms with Gasteiger partial charge in [-0.3, -0.25) is 0 Å². The van der Waals surface area contributed by atoms with Gasteiger partial charge in [-0.25, -0.2) is 0 Å². The van der Waals surface area contributed by atoms with Gasteiger partial charge in [0.1, 0.15) is 0 Å². The van der Waals surface area contributed by atoms with Crippen LogP contribution in [0.5, 0.6) is 0 Å². The Labute approximate surface area is 199 Å². The van der Waals surface area contributed by atoms with Gasteiger partial charge >= 0.3 is 11.6 Å². The fourth-order valence-corrected chi connectivity index (χ4v) is 6.25. The predicted molar refractivity (Wildman–Crippen MR) is 135 cm³/mol. The van der Waals surface area contributed by atoms with E-state index in [1.54, 1.807) is 5.57 Å². The highest BCUT2D eigenvalue weighted by atomic mass is 32.1. The van der Waals surface area contributed by atoms with Crippen LogP contribution >= 0.6 is 0 Å². The number of hydrogen-bond acceptors (Lipinski definition) is 3. The van der Waals surface area contributed by atoms with Crippen LogP contribution in [0.3, 0.4) is 0 Å². The van der Waals surface area contributed by atoms with Crippen LogP contribution in [0.1, 0.15) is 86.0 Å². The summed E-state index contributed by atoms with van der Waals surface area (Å²) < 4.78 is 16.6. The van der Waals surface area contributed by atoms with Crippen molar-refractivity contribution >= 4 is 11.6 Å². The molecular weight excluding hydrogens is 416 g/mol. The Kier molecular flexibility index (Phi) is 10.4. The van der Waals surface area contributed by atoms with Crippen LogP contribution in [-0.4, -0.2) is 19.6 Å². The molecule has 3 aliphatic carbocycles. The Morgan fingerprint density at radius 3 is 2.41 bits per heavy atom. The van der Waals surface area contributed by atoms with Gasteiger partial charge in [0.05, 0.1) is 6.10 Å². The Balaban J connectivity index is 0.00000114. The molecule has 1 N–H and O–H groups in total. The number of aliphatic hydroxyl groups excluding tert-OH is 1. The molecule has 3 saturated carbocycles. The van der Waals surface area contributed by atoms with E-state index in [4.69, 9.17) is 8.42 Å². The summed E-state index contributed by atoms with van der Waals surface area (Å²) in [6.07, 6.45) is 18.8. The molecule has 0 radical (unpaired) electrons. The number of aliphatic hydroxyl groups is 1. The maximum absolute atomic E-state index is 10.0. The zero-order valence-electron chi connectivity index (χ0n) is 20.8. The fraction of sp³-hybridized carbons (Fsp3) is 0.714. The molecule has 3 fully saturated rings. The molecule has 0 aliphatic heterocycles. The molecule has 0 aromatic rings. The van der Waals surface area contributed by atoms with Gasteiger partial charge < -0.3 is 5.11 Å². The van der Waals surface area contributed by atoms with Crippen molar-refractivity contribution in [2.75, 3.05) is 0 Å². The van der Waals surface area contributed by atoms with Crippen molar-refractivity contribution in [3.63, 3.8) is 0 Å². The van der Waals surface area contributed by atoms with Crippen molar-refractivity contribution in [1.29, 1.82) is 0 Å². The van der Waals surface area contributed by atoms with Crippen molar-refractivity contribution in [1.82, 2.24) is 0 Å². The lowest BCUT2D eigenvalue weighted by Crippen LogP contribution is -2.35. The highest BCUT2D eigenvalue weighted by Crippen LogP contribution is 2.59. The molecule has 6 atom stereocenters. The lowest BCUT2D eigenvalue weighted by molar-refractivity contribution is 0.112. The zero-order chi connectivity index (χ0) is 23.9. The lowest BCUT2D eigenvalue weighted by atomic mass is 9.61. The van der Waals surface area contributed by atoms with Gasteiger partial charge in [0.25, 0.3) is 0 Å². The van der Waals surface area contributed by atoms with E-state index >= 15 is 0 Å². The number of rotatable bonds is 5. The molecule has 3 rings (SSSR count). The minimum atomic E-state index is -0.750. The van der Waals surface area contributed by atoms with Gasteiger partial charge in [-0.05, 0) is 91.9 Å². The van der Waals surface area contributed by atoms with E-state index in [1.165, 1.54) is 43.3 Å². The van der Waals surface area contributed by atoms with Crippen LogP contribution < -0.4 is 0 Å². The summed E-state index contributed by atoms with van der Waals surface area (Å²) >= 11 is -0.750. The summed E-state index contributed by atoms with van der Waals surface area (Å²) in [7, 11) is 0. The first-order valence-electron chi connectivity index (χ1n) is 12.5. The number of fused-ring (bicyclic) bond motifs is 1. The van der Waals surface area contributed by atoms with Gasteiger partial charge in [0.2, 0.25) is 0 Å². The van der Waals surface area contributed by atoms with E-state index in [0.717, 1.165) is 37.0 Å². The molecule has 180 valence electrons. The largest absolute Gasteiger partial charge is 0.393 e. The minimum Gasteiger partial charge on any atom is -0.393 e. The molecule has 0 unspecified atom stereocenters. The minimum absolute atomic E-state index is 0.182. The van der Waals surface area contributed by atoms with Crippen molar-refractivity contribution in [3.8, 4) is 0 Å². The van der Waals surface area contributed by atoms with Gasteiger partial charge in [-0.15, -0.1) is 0 Å². The maximum Gasteiger partial charge on any atom is 0.335 e. The first-order valence-corrected chi connectivity index (χ1v) is 13.2. The molecule has 0 aromatic carbocycles. The molecule has 0 bridgehead atoms. The Morgan fingerprint density at radius 1 is 1.06 bits per heavy atom. The Morgan fingerprint density at radius 2 is 1.75 bits per heavy atom. The smallest absolute Gasteiger partial charge is 0.335 e. The highest BCUT2D eigenvalue weighted by molar-refractivity contribution is 7.51. The van der Waals surface area contributed by atoms with Crippen LogP contribution in [-0.2, 0) is 11.6 Å². The molecule has 0 amide bonds.